The van der Waals surface area contributed by atoms with Crippen molar-refractivity contribution in [2.75, 3.05) is 52.2 Å². The first-order valence-electron chi connectivity index (χ1n) is 27.4. The van der Waals surface area contributed by atoms with E-state index >= 15 is 0 Å². The molecule has 4 atom stereocenters. The summed E-state index contributed by atoms with van der Waals surface area (Å²) in [7, 11) is 5.10. The number of nitrogens with two attached hydrogens (primary N) is 3. The molecule has 0 spiro atoms. The van der Waals surface area contributed by atoms with Crippen molar-refractivity contribution in [2.24, 2.45) is 17.2 Å². The molecule has 1 aliphatic heterocycles. The monoisotopic (exact) mass is 1420 g/mol. The van der Waals surface area contributed by atoms with Gasteiger partial charge in [0.2, 0.25) is 23.6 Å². The van der Waals surface area contributed by atoms with Crippen LogP contribution in [-0.4, -0.2) is 184 Å². The number of unbranched alkanes of at least 4 members (excludes halogenated alkanes) is 1. The Kier molecular flexibility index (Phi) is 35.6. The normalized spacial score (nSPS) is 14.8. The molecule has 1 aliphatic rings. The number of carbonyl (C=O) groups excluding carboxylic acids is 5. The minimum Gasteiger partial charge on any atom is -0.492 e. The number of aliphatic carboxylic acids is 4. The minimum atomic E-state index is -5.08. The number of carboxylic acids is 4. The summed E-state index contributed by atoms with van der Waals surface area (Å²) in [5.41, 5.74) is 22.1. The average molecular weight is 1420 g/mol. The SMILES string of the molecule is CCCCSSCc1ccc(-c2ncc(C(=O)N[C@@H](CCN)C(=O)N(C)[C@@H]3C(=O)N[C@@H](C)C(=O)N[C@H](C(=O)NCC#N)Cc4ccc(OCCN)c(c4)-c4cc3ccc4OCCN)c(C)n2)cc1.O=C(O)C(F)(F)F.O=C(O)C(F)(F)F.O=C(O)C(F)(F)F.O=C(O)C(F)(F)F. The number of rotatable bonds is 21. The second-order valence-electron chi connectivity index (χ2n) is 19.2. The van der Waals surface area contributed by atoms with Crippen LogP contribution in [0.25, 0.3) is 22.5 Å². The van der Waals surface area contributed by atoms with E-state index in [1.54, 1.807) is 43.3 Å². The lowest BCUT2D eigenvalue weighted by Gasteiger charge is -2.32. The number of nitriles is 1. The smallest absolute Gasteiger partial charge is 0.490 e. The Morgan fingerprint density at radius 2 is 1.24 bits per heavy atom. The van der Waals surface area contributed by atoms with Crippen molar-refractivity contribution < 1.29 is 126 Å². The van der Waals surface area contributed by atoms with E-state index in [0.717, 1.165) is 17.1 Å². The molecule has 40 heteroatoms. The Balaban J connectivity index is 0.00000136. The van der Waals surface area contributed by atoms with Crippen LogP contribution in [0.15, 0.2) is 66.9 Å². The molecule has 0 fully saturated rings. The zero-order valence-corrected chi connectivity index (χ0v) is 52.4. The molecule has 4 bridgehead atoms. The molecule has 26 nitrogen and oxygen atoms in total. The topological polar surface area (TPSA) is 432 Å². The molecule has 5 rings (SSSR count). The van der Waals surface area contributed by atoms with Crippen molar-refractivity contribution in [1.82, 2.24) is 36.1 Å². The van der Waals surface area contributed by atoms with Gasteiger partial charge in [-0.2, -0.15) is 57.9 Å². The summed E-state index contributed by atoms with van der Waals surface area (Å²) in [6.45, 7) is 5.67. The number of carbonyl (C=O) groups is 9. The van der Waals surface area contributed by atoms with Gasteiger partial charge in [0.25, 0.3) is 5.91 Å². The number of carboxylic acid groups (broad SMARTS) is 4. The van der Waals surface area contributed by atoms with Crippen molar-refractivity contribution in [2.45, 2.75) is 101 Å². The molecule has 96 heavy (non-hydrogen) atoms. The molecular formula is C56H65F12N11O15S2. The van der Waals surface area contributed by atoms with Crippen molar-refractivity contribution in [1.29, 1.82) is 5.26 Å². The Labute approximate surface area is 545 Å². The number of aromatic nitrogens is 2. The molecule has 0 aliphatic carbocycles. The van der Waals surface area contributed by atoms with E-state index in [4.69, 9.17) is 66.3 Å². The molecule has 4 aromatic rings. The first-order valence-corrected chi connectivity index (χ1v) is 29.9. The number of amides is 5. The summed E-state index contributed by atoms with van der Waals surface area (Å²) in [4.78, 5) is 116. The summed E-state index contributed by atoms with van der Waals surface area (Å²) >= 11 is 0. The van der Waals surface area contributed by atoms with Crippen LogP contribution in [0.1, 0.15) is 71.9 Å². The molecule has 0 radical (unpaired) electrons. The second kappa shape index (κ2) is 40.3. The van der Waals surface area contributed by atoms with Gasteiger partial charge in [0, 0.05) is 61.0 Å². The third-order valence-electron chi connectivity index (χ3n) is 11.9. The van der Waals surface area contributed by atoms with Gasteiger partial charge in [0.05, 0.1) is 17.3 Å². The number of benzene rings is 3. The number of ether oxygens (including phenoxy) is 2. The van der Waals surface area contributed by atoms with Crippen molar-refractivity contribution in [3.8, 4) is 40.1 Å². The van der Waals surface area contributed by atoms with Crippen LogP contribution >= 0.6 is 21.6 Å². The fourth-order valence-electron chi connectivity index (χ4n) is 7.32. The second-order valence-corrected chi connectivity index (χ2v) is 21.8. The lowest BCUT2D eigenvalue weighted by Crippen LogP contribution is -2.56. The first kappa shape index (κ1) is 84.8. The molecule has 1 aromatic heterocycles. The molecule has 3 aromatic carbocycles. The minimum absolute atomic E-state index is 0.00129. The maximum Gasteiger partial charge on any atom is 0.490 e. The average Bonchev–Trinajstić information content (AvgIpc) is 0.784. The Morgan fingerprint density at radius 1 is 0.740 bits per heavy atom. The molecule has 14 N–H and O–H groups in total. The summed E-state index contributed by atoms with van der Waals surface area (Å²) in [6.07, 6.45) is -16.6. The van der Waals surface area contributed by atoms with E-state index in [-0.39, 0.29) is 57.8 Å². The molecule has 0 saturated heterocycles. The maximum atomic E-state index is 14.7. The number of hydrogen-bond acceptors (Lipinski definition) is 19. The largest absolute Gasteiger partial charge is 0.492 e. The van der Waals surface area contributed by atoms with Crippen LogP contribution < -0.4 is 47.9 Å². The predicted octanol–water partition coefficient (Wildman–Crippen LogP) is 5.84. The fourth-order valence-corrected chi connectivity index (χ4v) is 9.62. The van der Waals surface area contributed by atoms with Crippen LogP contribution in [0.4, 0.5) is 52.7 Å². The van der Waals surface area contributed by atoms with Gasteiger partial charge in [-0.3, -0.25) is 24.0 Å². The van der Waals surface area contributed by atoms with Crippen LogP contribution in [0.5, 0.6) is 11.5 Å². The maximum absolute atomic E-state index is 14.7. The van der Waals surface area contributed by atoms with Crippen LogP contribution in [0.3, 0.4) is 0 Å². The molecule has 5 amide bonds. The van der Waals surface area contributed by atoms with E-state index < -0.39 is 102 Å². The third kappa shape index (κ3) is 29.6. The summed E-state index contributed by atoms with van der Waals surface area (Å²) in [6, 6.07) is 15.0. The van der Waals surface area contributed by atoms with E-state index in [9.17, 15) is 81.9 Å². The number of likely N-dealkylation sites (N-methyl/N-ethyl adjacent to an activating group) is 1. The van der Waals surface area contributed by atoms with Crippen LogP contribution in [0, 0.1) is 18.3 Å². The number of nitrogens with one attached hydrogen (secondary N) is 4. The van der Waals surface area contributed by atoms with Gasteiger partial charge in [-0.15, -0.1) is 0 Å². The summed E-state index contributed by atoms with van der Waals surface area (Å²) in [5.74, 6) is -11.2. The molecule has 530 valence electrons. The predicted molar refractivity (Wildman–Crippen MR) is 319 cm³/mol. The lowest BCUT2D eigenvalue weighted by atomic mass is 9.93. The first-order chi connectivity index (χ1) is 44.6. The number of fused-ring (bicyclic) bond motifs is 5. The number of nitrogens with zero attached hydrogens (tertiary/aromatic N) is 4. The van der Waals surface area contributed by atoms with Gasteiger partial charge in [-0.25, -0.2) is 29.1 Å². The van der Waals surface area contributed by atoms with E-state index in [0.29, 0.717) is 45.3 Å². The van der Waals surface area contributed by atoms with Crippen molar-refractivity contribution in [3.05, 3.63) is 94.8 Å². The Bertz CT molecular complexity index is 3230. The molecule has 2 heterocycles. The number of hydrogen-bond donors (Lipinski definition) is 11. The van der Waals surface area contributed by atoms with Crippen molar-refractivity contribution in [3.63, 3.8) is 0 Å². The van der Waals surface area contributed by atoms with Crippen LogP contribution in [-0.2, 0) is 50.5 Å². The lowest BCUT2D eigenvalue weighted by molar-refractivity contribution is -0.193. The van der Waals surface area contributed by atoms with Crippen LogP contribution in [0.2, 0.25) is 0 Å². The quantitative estimate of drug-likeness (QED) is 0.0202. The van der Waals surface area contributed by atoms with E-state index in [1.807, 2.05) is 51.9 Å². The summed E-state index contributed by atoms with van der Waals surface area (Å²) in [5, 5.41) is 48.4. The highest BCUT2D eigenvalue weighted by Gasteiger charge is 2.41. The van der Waals surface area contributed by atoms with Gasteiger partial charge >= 0.3 is 48.6 Å². The van der Waals surface area contributed by atoms with Gasteiger partial charge in [-0.1, -0.05) is 71.3 Å². The highest BCUT2D eigenvalue weighted by molar-refractivity contribution is 8.76. The fraction of sp³-hybridized carbons (Fsp3) is 0.429. The third-order valence-corrected chi connectivity index (χ3v) is 14.3. The highest BCUT2D eigenvalue weighted by Crippen LogP contribution is 2.40. The Hall–Kier alpha value is -9.20. The molecular weight excluding hydrogens is 1360 g/mol. The van der Waals surface area contributed by atoms with Gasteiger partial charge in [-0.05, 0) is 74.2 Å². The van der Waals surface area contributed by atoms with E-state index in [2.05, 4.69) is 38.2 Å². The number of halogens is 12. The zero-order valence-electron chi connectivity index (χ0n) is 50.8. The number of alkyl halides is 12. The molecule has 0 saturated carbocycles. The molecule has 0 unspecified atom stereocenters. The summed E-state index contributed by atoms with van der Waals surface area (Å²) < 4.78 is 139. The highest BCUT2D eigenvalue weighted by atomic mass is 33.1. The standard InChI is InChI=1S/C48H61N11O7S2.4C2HF3O2/c1-5-6-23-67-68-28-31-7-10-33(11-8-31)43-54-27-37(29(2)55-43)45(61)57-38(15-16-49)48(64)59(4)42-34-12-14-41(66-22-19-52)36(26-34)35-24-32(9-13-40(35)65-21-18-51)25-39(46(62)53-20-17-50)58-44(60)30(3)56-47(42)63;4*3-2(4,5)1(6)7/h7-14,24,26-27,30,38-39,42H,5-6,15-16,18-23,25,28,49,51-52H2,1-4H3,(H,53,62)(H,56,63)(H,57,61)(H,58,60);4*(H,6,7)/t30-,38-,39-,42-;;;;/m0..../s1. The zero-order chi connectivity index (χ0) is 73.5. The van der Waals surface area contributed by atoms with Gasteiger partial charge < -0.3 is 73.3 Å². The number of aryl methyl sites for hydroxylation is 1. The van der Waals surface area contributed by atoms with Gasteiger partial charge in [0.1, 0.15) is 55.4 Å². The van der Waals surface area contributed by atoms with Crippen molar-refractivity contribution >= 4 is 75.0 Å². The van der Waals surface area contributed by atoms with E-state index in [1.165, 1.54) is 43.5 Å². The Morgan fingerprint density at radius 3 is 1.70 bits per heavy atom. The van der Waals surface area contributed by atoms with Gasteiger partial charge in [0.15, 0.2) is 5.82 Å².